The zero-order valence-corrected chi connectivity index (χ0v) is 12.7. The average molecular weight is 284 g/mol. The molecular weight excluding hydrogens is 264 g/mol. The number of hydrogen-bond donors (Lipinski definition) is 0. The molecule has 1 amide bonds. The molecule has 1 heterocycles. The topological polar surface area (TPSA) is 49.3 Å². The van der Waals surface area contributed by atoms with Gasteiger partial charge in [-0.2, -0.15) is 0 Å². The van der Waals surface area contributed by atoms with Crippen LogP contribution in [0.4, 0.5) is 11.5 Å². The lowest BCUT2D eigenvalue weighted by atomic mass is 10.3. The van der Waals surface area contributed by atoms with Crippen molar-refractivity contribution >= 4 is 17.4 Å². The van der Waals surface area contributed by atoms with Crippen LogP contribution in [-0.2, 0) is 0 Å². The summed E-state index contributed by atoms with van der Waals surface area (Å²) in [6, 6.07) is 9.48. The summed E-state index contributed by atoms with van der Waals surface area (Å²) in [6.45, 7) is 5.85. The maximum atomic E-state index is 12.4. The summed E-state index contributed by atoms with van der Waals surface area (Å²) in [6.07, 6.45) is 3.19. The molecule has 0 bridgehead atoms. The molecule has 0 radical (unpaired) electrons. The summed E-state index contributed by atoms with van der Waals surface area (Å²) >= 11 is 0. The smallest absolute Gasteiger partial charge is 0.278 e. The van der Waals surface area contributed by atoms with Crippen LogP contribution in [0.15, 0.2) is 42.7 Å². The van der Waals surface area contributed by atoms with E-state index in [0.29, 0.717) is 5.69 Å². The maximum absolute atomic E-state index is 12.4. The van der Waals surface area contributed by atoms with E-state index in [9.17, 15) is 4.79 Å². The van der Waals surface area contributed by atoms with Gasteiger partial charge in [0, 0.05) is 25.8 Å². The van der Waals surface area contributed by atoms with Gasteiger partial charge in [0.1, 0.15) is 11.5 Å². The Balaban J connectivity index is 2.17. The van der Waals surface area contributed by atoms with Crippen molar-refractivity contribution in [2.45, 2.75) is 13.8 Å². The first-order valence-corrected chi connectivity index (χ1v) is 7.07. The van der Waals surface area contributed by atoms with Gasteiger partial charge >= 0.3 is 0 Å². The largest absolute Gasteiger partial charge is 0.356 e. The number of anilines is 2. The van der Waals surface area contributed by atoms with Crippen LogP contribution in [-0.4, -0.2) is 36.0 Å². The highest BCUT2D eigenvalue weighted by molar-refractivity contribution is 6.04. The quantitative estimate of drug-likeness (QED) is 0.847. The van der Waals surface area contributed by atoms with E-state index in [-0.39, 0.29) is 5.91 Å². The van der Waals surface area contributed by atoms with Crippen molar-refractivity contribution in [1.29, 1.82) is 0 Å². The number of nitrogens with zero attached hydrogens (tertiary/aromatic N) is 4. The Morgan fingerprint density at radius 3 is 2.24 bits per heavy atom. The van der Waals surface area contributed by atoms with E-state index in [1.54, 1.807) is 18.1 Å². The first-order chi connectivity index (χ1) is 10.2. The molecule has 0 aliphatic rings. The molecule has 5 nitrogen and oxygen atoms in total. The molecule has 0 saturated heterocycles. The van der Waals surface area contributed by atoms with Gasteiger partial charge in [-0.3, -0.25) is 4.79 Å². The number of amides is 1. The molecule has 2 rings (SSSR count). The second-order valence-electron chi connectivity index (χ2n) is 4.63. The number of aromatic nitrogens is 2. The minimum atomic E-state index is -0.167. The Kier molecular flexibility index (Phi) is 4.87. The Morgan fingerprint density at radius 1 is 1.05 bits per heavy atom. The van der Waals surface area contributed by atoms with Gasteiger partial charge < -0.3 is 9.80 Å². The van der Waals surface area contributed by atoms with Crippen molar-refractivity contribution in [3.05, 3.63) is 48.4 Å². The van der Waals surface area contributed by atoms with Gasteiger partial charge in [-0.05, 0) is 26.0 Å². The summed E-state index contributed by atoms with van der Waals surface area (Å²) in [5, 5.41) is 0. The van der Waals surface area contributed by atoms with E-state index in [0.717, 1.165) is 24.6 Å². The normalized spacial score (nSPS) is 10.2. The molecule has 0 aliphatic carbocycles. The van der Waals surface area contributed by atoms with Crippen LogP contribution < -0.4 is 9.80 Å². The summed E-state index contributed by atoms with van der Waals surface area (Å²) < 4.78 is 0. The van der Waals surface area contributed by atoms with Crippen LogP contribution in [0.1, 0.15) is 24.3 Å². The predicted molar refractivity (Wildman–Crippen MR) is 84.8 cm³/mol. The second-order valence-corrected chi connectivity index (χ2v) is 4.63. The summed E-state index contributed by atoms with van der Waals surface area (Å²) in [7, 11) is 1.73. The minimum Gasteiger partial charge on any atom is -0.356 e. The molecule has 1 aromatic carbocycles. The van der Waals surface area contributed by atoms with Crippen LogP contribution >= 0.6 is 0 Å². The third kappa shape index (κ3) is 3.37. The van der Waals surface area contributed by atoms with Crippen molar-refractivity contribution < 1.29 is 4.79 Å². The maximum Gasteiger partial charge on any atom is 0.278 e. The van der Waals surface area contributed by atoms with Crippen LogP contribution in [0, 0.1) is 0 Å². The van der Waals surface area contributed by atoms with E-state index in [1.165, 1.54) is 6.20 Å². The zero-order chi connectivity index (χ0) is 15.2. The molecule has 0 aliphatic heterocycles. The predicted octanol–water partition coefficient (Wildman–Crippen LogP) is 2.60. The van der Waals surface area contributed by atoms with Gasteiger partial charge in [-0.25, -0.2) is 9.97 Å². The molecule has 0 fully saturated rings. The summed E-state index contributed by atoms with van der Waals surface area (Å²) in [5.41, 5.74) is 1.18. The fraction of sp³-hybridized carbons (Fsp3) is 0.312. The van der Waals surface area contributed by atoms with Crippen LogP contribution in [0.2, 0.25) is 0 Å². The molecule has 2 aromatic rings. The third-order valence-corrected chi connectivity index (χ3v) is 3.39. The van der Waals surface area contributed by atoms with Gasteiger partial charge in [0.25, 0.3) is 5.91 Å². The summed E-state index contributed by atoms with van der Waals surface area (Å²) in [5.74, 6) is 0.624. The average Bonchev–Trinajstić information content (AvgIpc) is 2.56. The first kappa shape index (κ1) is 15.0. The molecule has 5 heteroatoms. The number of benzene rings is 1. The molecule has 110 valence electrons. The van der Waals surface area contributed by atoms with Crippen LogP contribution in [0.3, 0.4) is 0 Å². The number of carbonyl (C=O) groups excluding carboxylic acids is 1. The van der Waals surface area contributed by atoms with Gasteiger partial charge in [0.05, 0.1) is 12.4 Å². The van der Waals surface area contributed by atoms with Gasteiger partial charge in [0.15, 0.2) is 0 Å². The Morgan fingerprint density at radius 2 is 1.71 bits per heavy atom. The molecule has 1 aromatic heterocycles. The molecule has 0 spiro atoms. The highest BCUT2D eigenvalue weighted by atomic mass is 16.2. The SMILES string of the molecule is CCN(CC)c1cnc(C(=O)N(C)c2ccccc2)cn1. The van der Waals surface area contributed by atoms with Gasteiger partial charge in [-0.15, -0.1) is 0 Å². The number of carbonyl (C=O) groups is 1. The molecule has 0 saturated carbocycles. The van der Waals surface area contributed by atoms with Crippen molar-refractivity contribution in [3.8, 4) is 0 Å². The molecule has 0 atom stereocenters. The Labute approximate surface area is 125 Å². The van der Waals surface area contributed by atoms with E-state index in [4.69, 9.17) is 0 Å². The lowest BCUT2D eigenvalue weighted by Gasteiger charge is -2.20. The molecular formula is C16H20N4O. The van der Waals surface area contributed by atoms with Crippen LogP contribution in [0.25, 0.3) is 0 Å². The van der Waals surface area contributed by atoms with E-state index >= 15 is 0 Å². The van der Waals surface area contributed by atoms with Gasteiger partial charge in [-0.1, -0.05) is 18.2 Å². The van der Waals surface area contributed by atoms with Crippen molar-refractivity contribution in [3.63, 3.8) is 0 Å². The summed E-state index contributed by atoms with van der Waals surface area (Å²) in [4.78, 5) is 24.6. The minimum absolute atomic E-state index is 0.167. The molecule has 0 N–H and O–H groups in total. The lowest BCUT2D eigenvalue weighted by Crippen LogP contribution is -2.28. The second kappa shape index (κ2) is 6.83. The fourth-order valence-electron chi connectivity index (χ4n) is 2.08. The third-order valence-electron chi connectivity index (χ3n) is 3.39. The van der Waals surface area contributed by atoms with Crippen molar-refractivity contribution in [1.82, 2.24) is 9.97 Å². The number of hydrogen-bond acceptors (Lipinski definition) is 4. The van der Waals surface area contributed by atoms with E-state index in [2.05, 4.69) is 28.7 Å². The standard InChI is InChI=1S/C16H20N4O/c1-4-20(5-2)15-12-17-14(11-18-15)16(21)19(3)13-9-7-6-8-10-13/h6-12H,4-5H2,1-3H3. The molecule has 0 unspecified atom stereocenters. The van der Waals surface area contributed by atoms with E-state index in [1.807, 2.05) is 30.3 Å². The first-order valence-electron chi connectivity index (χ1n) is 7.07. The lowest BCUT2D eigenvalue weighted by molar-refractivity contribution is 0.0988. The van der Waals surface area contributed by atoms with E-state index < -0.39 is 0 Å². The number of para-hydroxylation sites is 1. The fourth-order valence-corrected chi connectivity index (χ4v) is 2.08. The van der Waals surface area contributed by atoms with Crippen molar-refractivity contribution in [2.75, 3.05) is 29.9 Å². The highest BCUT2D eigenvalue weighted by Crippen LogP contribution is 2.14. The number of rotatable bonds is 5. The Hall–Kier alpha value is -2.43. The monoisotopic (exact) mass is 284 g/mol. The van der Waals surface area contributed by atoms with Gasteiger partial charge in [0.2, 0.25) is 0 Å². The van der Waals surface area contributed by atoms with Crippen LogP contribution in [0.5, 0.6) is 0 Å². The van der Waals surface area contributed by atoms with Crippen molar-refractivity contribution in [2.24, 2.45) is 0 Å². The highest BCUT2D eigenvalue weighted by Gasteiger charge is 2.15. The Bertz CT molecular complexity index is 579. The molecule has 21 heavy (non-hydrogen) atoms. The zero-order valence-electron chi connectivity index (χ0n) is 12.7.